The van der Waals surface area contributed by atoms with Gasteiger partial charge in [-0.2, -0.15) is 5.10 Å². The van der Waals surface area contributed by atoms with Crippen LogP contribution in [0.3, 0.4) is 0 Å². The van der Waals surface area contributed by atoms with E-state index < -0.39 is 0 Å². The highest BCUT2D eigenvalue weighted by Gasteiger charge is 2.02. The number of amides is 1. The van der Waals surface area contributed by atoms with Crippen LogP contribution in [-0.2, 0) is 11.3 Å². The second kappa shape index (κ2) is 7.56. The maximum absolute atomic E-state index is 11.7. The molecule has 2 rings (SSSR count). The predicted molar refractivity (Wildman–Crippen MR) is 87.1 cm³/mol. The molecular weight excluding hydrogens is 350 g/mol. The maximum Gasteiger partial charge on any atom is 0.260 e. The zero-order chi connectivity index (χ0) is 15.9. The number of hydrogen-bond donors (Lipinski definition) is 1. The highest BCUT2D eigenvalue weighted by molar-refractivity contribution is 9.10. The van der Waals surface area contributed by atoms with Gasteiger partial charge >= 0.3 is 0 Å². The summed E-state index contributed by atoms with van der Waals surface area (Å²) in [4.78, 5) is 23.2. The standard InChI is InChI=1S/C15H14BrN3O3/c1-22-13-6-5-11(8-12(13)16)9-17-18-14(20)10-19-7-3-2-4-15(19)21/h2-9H,10H2,1H3,(H,18,20)/b17-9-. The monoisotopic (exact) mass is 363 g/mol. The van der Waals surface area contributed by atoms with E-state index in [1.54, 1.807) is 37.6 Å². The fourth-order valence-electron chi connectivity index (χ4n) is 1.72. The summed E-state index contributed by atoms with van der Waals surface area (Å²) in [6.07, 6.45) is 3.06. The average molecular weight is 364 g/mol. The second-order valence-electron chi connectivity index (χ2n) is 4.35. The van der Waals surface area contributed by atoms with Crippen molar-refractivity contribution in [2.45, 2.75) is 6.54 Å². The first-order chi connectivity index (χ1) is 10.6. The third-order valence-corrected chi connectivity index (χ3v) is 3.41. The number of ether oxygens (including phenoxy) is 1. The van der Waals surface area contributed by atoms with Crippen molar-refractivity contribution >= 4 is 28.1 Å². The van der Waals surface area contributed by atoms with Crippen molar-refractivity contribution in [1.29, 1.82) is 0 Å². The maximum atomic E-state index is 11.7. The Labute approximate surface area is 135 Å². The molecule has 0 radical (unpaired) electrons. The van der Waals surface area contributed by atoms with Gasteiger partial charge in [-0.1, -0.05) is 6.07 Å². The van der Waals surface area contributed by atoms with Crippen molar-refractivity contribution in [1.82, 2.24) is 9.99 Å². The SMILES string of the molecule is COc1ccc(/C=N\NC(=O)Cn2ccccc2=O)cc1Br. The van der Waals surface area contributed by atoms with Crippen molar-refractivity contribution < 1.29 is 9.53 Å². The smallest absolute Gasteiger partial charge is 0.260 e. The lowest BCUT2D eigenvalue weighted by molar-refractivity contribution is -0.121. The molecule has 0 atom stereocenters. The minimum absolute atomic E-state index is 0.0800. The van der Waals surface area contributed by atoms with Gasteiger partial charge in [0.25, 0.3) is 11.5 Å². The Balaban J connectivity index is 1.95. The average Bonchev–Trinajstić information content (AvgIpc) is 2.50. The quantitative estimate of drug-likeness (QED) is 0.649. The molecule has 0 fully saturated rings. The summed E-state index contributed by atoms with van der Waals surface area (Å²) in [5.74, 6) is 0.335. The zero-order valence-corrected chi connectivity index (χ0v) is 13.4. The highest BCUT2D eigenvalue weighted by Crippen LogP contribution is 2.24. The molecule has 0 spiro atoms. The Kier molecular flexibility index (Phi) is 5.48. The number of pyridine rings is 1. The summed E-state index contributed by atoms with van der Waals surface area (Å²) >= 11 is 3.37. The van der Waals surface area contributed by atoms with E-state index >= 15 is 0 Å². The van der Waals surface area contributed by atoms with Gasteiger partial charge in [0.1, 0.15) is 12.3 Å². The summed E-state index contributed by atoms with van der Waals surface area (Å²) < 4.78 is 7.22. The molecule has 1 amide bonds. The van der Waals surface area contributed by atoms with E-state index in [0.29, 0.717) is 5.75 Å². The van der Waals surface area contributed by atoms with Gasteiger partial charge < -0.3 is 9.30 Å². The van der Waals surface area contributed by atoms with E-state index in [0.717, 1.165) is 10.0 Å². The minimum atomic E-state index is -0.378. The molecule has 2 aromatic rings. The highest BCUT2D eigenvalue weighted by atomic mass is 79.9. The number of nitrogens with zero attached hydrogens (tertiary/aromatic N) is 2. The summed E-state index contributed by atoms with van der Waals surface area (Å²) in [6.45, 7) is -0.0800. The Bertz CT molecular complexity index is 756. The van der Waals surface area contributed by atoms with E-state index in [4.69, 9.17) is 4.74 Å². The third kappa shape index (κ3) is 4.29. The van der Waals surface area contributed by atoms with E-state index in [1.165, 1.54) is 16.8 Å². The fraction of sp³-hybridized carbons (Fsp3) is 0.133. The molecule has 0 aliphatic carbocycles. The van der Waals surface area contributed by atoms with E-state index in [2.05, 4.69) is 26.5 Å². The van der Waals surface area contributed by atoms with Gasteiger partial charge in [-0.3, -0.25) is 9.59 Å². The Morgan fingerprint density at radius 2 is 2.23 bits per heavy atom. The second-order valence-corrected chi connectivity index (χ2v) is 5.21. The molecule has 0 aliphatic rings. The van der Waals surface area contributed by atoms with Crippen molar-refractivity contribution in [2.24, 2.45) is 5.10 Å². The topological polar surface area (TPSA) is 72.7 Å². The van der Waals surface area contributed by atoms with Gasteiger partial charge in [0, 0.05) is 12.3 Å². The predicted octanol–water partition coefficient (Wildman–Crippen LogP) is 1.77. The molecule has 1 aromatic carbocycles. The van der Waals surface area contributed by atoms with Crippen LogP contribution in [0, 0.1) is 0 Å². The van der Waals surface area contributed by atoms with Crippen LogP contribution in [0.2, 0.25) is 0 Å². The molecule has 1 aromatic heterocycles. The number of hydrogen-bond acceptors (Lipinski definition) is 4. The number of halogens is 1. The van der Waals surface area contributed by atoms with E-state index in [-0.39, 0.29) is 18.0 Å². The van der Waals surface area contributed by atoms with Crippen molar-refractivity contribution in [3.63, 3.8) is 0 Å². The van der Waals surface area contributed by atoms with Crippen LogP contribution in [0.4, 0.5) is 0 Å². The number of carbonyl (C=O) groups is 1. The third-order valence-electron chi connectivity index (χ3n) is 2.79. The molecule has 0 saturated heterocycles. The number of methoxy groups -OCH3 is 1. The van der Waals surface area contributed by atoms with E-state index in [1.807, 2.05) is 6.07 Å². The van der Waals surface area contributed by atoms with Gasteiger partial charge in [0.05, 0.1) is 17.8 Å². The number of carbonyl (C=O) groups excluding carboxylic acids is 1. The molecule has 1 heterocycles. The molecule has 0 aliphatic heterocycles. The Hall–Kier alpha value is -2.41. The minimum Gasteiger partial charge on any atom is -0.496 e. The molecule has 7 heteroatoms. The van der Waals surface area contributed by atoms with Gasteiger partial charge in [0.2, 0.25) is 0 Å². The summed E-state index contributed by atoms with van der Waals surface area (Å²) in [7, 11) is 1.58. The molecule has 0 bridgehead atoms. The van der Waals surface area contributed by atoms with Gasteiger partial charge in [-0.05, 0) is 45.8 Å². The number of benzene rings is 1. The van der Waals surface area contributed by atoms with Crippen LogP contribution in [0.15, 0.2) is 57.0 Å². The number of hydrazone groups is 1. The van der Waals surface area contributed by atoms with E-state index in [9.17, 15) is 9.59 Å². The van der Waals surface area contributed by atoms with Gasteiger partial charge in [0.15, 0.2) is 0 Å². The van der Waals surface area contributed by atoms with Crippen LogP contribution >= 0.6 is 15.9 Å². The van der Waals surface area contributed by atoms with Crippen molar-refractivity contribution in [3.05, 3.63) is 63.0 Å². The molecule has 6 nitrogen and oxygen atoms in total. The Morgan fingerprint density at radius 3 is 2.91 bits per heavy atom. The van der Waals surface area contributed by atoms with Crippen LogP contribution in [0.5, 0.6) is 5.75 Å². The van der Waals surface area contributed by atoms with Crippen LogP contribution in [0.1, 0.15) is 5.56 Å². The van der Waals surface area contributed by atoms with Crippen LogP contribution in [-0.4, -0.2) is 23.8 Å². The fourth-order valence-corrected chi connectivity index (χ4v) is 2.28. The molecule has 0 unspecified atom stereocenters. The van der Waals surface area contributed by atoms with Crippen LogP contribution in [0.25, 0.3) is 0 Å². The van der Waals surface area contributed by atoms with Crippen LogP contribution < -0.4 is 15.7 Å². The van der Waals surface area contributed by atoms with Crippen molar-refractivity contribution in [2.75, 3.05) is 7.11 Å². The number of aromatic nitrogens is 1. The zero-order valence-electron chi connectivity index (χ0n) is 11.8. The summed E-state index contributed by atoms with van der Waals surface area (Å²) in [5.41, 5.74) is 2.94. The van der Waals surface area contributed by atoms with Gasteiger partial charge in [-0.15, -0.1) is 0 Å². The normalized spacial score (nSPS) is 10.6. The first kappa shape index (κ1) is 16.0. The van der Waals surface area contributed by atoms with Crippen molar-refractivity contribution in [3.8, 4) is 5.75 Å². The lowest BCUT2D eigenvalue weighted by Crippen LogP contribution is -2.28. The lowest BCUT2D eigenvalue weighted by Gasteiger charge is -2.04. The molecule has 114 valence electrons. The summed E-state index contributed by atoms with van der Waals surface area (Å²) in [5, 5.41) is 3.86. The molecule has 1 N–H and O–H groups in total. The molecular formula is C15H14BrN3O3. The Morgan fingerprint density at radius 1 is 1.41 bits per heavy atom. The largest absolute Gasteiger partial charge is 0.496 e. The first-order valence-corrected chi connectivity index (χ1v) is 7.20. The lowest BCUT2D eigenvalue weighted by atomic mass is 10.2. The molecule has 0 saturated carbocycles. The number of nitrogens with one attached hydrogen (secondary N) is 1. The number of rotatable bonds is 5. The summed E-state index contributed by atoms with van der Waals surface area (Å²) in [6, 6.07) is 10.1. The van der Waals surface area contributed by atoms with Gasteiger partial charge in [-0.25, -0.2) is 5.43 Å². The first-order valence-electron chi connectivity index (χ1n) is 6.41. The molecule has 22 heavy (non-hydrogen) atoms.